The van der Waals surface area contributed by atoms with Gasteiger partial charge in [0.25, 0.3) is 0 Å². The zero-order valence-electron chi connectivity index (χ0n) is 10.6. The Morgan fingerprint density at radius 3 is 2.61 bits per heavy atom. The molecule has 0 bridgehead atoms. The first kappa shape index (κ1) is 11.5. The lowest BCUT2D eigenvalue weighted by Crippen LogP contribution is -2.21. The summed E-state index contributed by atoms with van der Waals surface area (Å²) >= 11 is 0. The summed E-state index contributed by atoms with van der Waals surface area (Å²) in [4.78, 5) is 0. The highest BCUT2D eigenvalue weighted by atomic mass is 14.9. The van der Waals surface area contributed by atoms with E-state index < -0.39 is 0 Å². The molecule has 1 aliphatic heterocycles. The Morgan fingerprint density at radius 2 is 1.72 bits per heavy atom. The number of hydrogen-bond donors (Lipinski definition) is 1. The predicted octanol–water partition coefficient (Wildman–Crippen LogP) is 3.16. The summed E-state index contributed by atoms with van der Waals surface area (Å²) in [6, 6.07) is 19.7. The molecule has 92 valence electrons. The van der Waals surface area contributed by atoms with Crippen LogP contribution in [0.25, 0.3) is 0 Å². The molecule has 0 saturated carbocycles. The average molecular weight is 237 g/mol. The van der Waals surface area contributed by atoms with Crippen LogP contribution < -0.4 is 5.32 Å². The van der Waals surface area contributed by atoms with Gasteiger partial charge in [0.1, 0.15) is 0 Å². The minimum atomic E-state index is 0.603. The topological polar surface area (TPSA) is 12.0 Å². The molecule has 1 heteroatoms. The van der Waals surface area contributed by atoms with Crippen molar-refractivity contribution in [2.24, 2.45) is 0 Å². The number of nitrogens with one attached hydrogen (secondary N) is 1. The highest BCUT2D eigenvalue weighted by Crippen LogP contribution is 2.25. The fraction of sp³-hybridized carbons (Fsp3) is 0.294. The van der Waals surface area contributed by atoms with Crippen LogP contribution in [0.15, 0.2) is 54.6 Å². The molecular weight excluding hydrogens is 218 g/mol. The first-order valence-corrected chi connectivity index (χ1v) is 6.76. The van der Waals surface area contributed by atoms with Gasteiger partial charge >= 0.3 is 0 Å². The van der Waals surface area contributed by atoms with Crippen LogP contribution in [0.5, 0.6) is 0 Å². The first-order chi connectivity index (χ1) is 8.93. The zero-order valence-corrected chi connectivity index (χ0v) is 10.6. The maximum Gasteiger partial charge on any atom is 0.00235 e. The van der Waals surface area contributed by atoms with Crippen molar-refractivity contribution in [1.29, 1.82) is 0 Å². The molecule has 0 spiro atoms. The van der Waals surface area contributed by atoms with Crippen molar-refractivity contribution in [2.75, 3.05) is 13.1 Å². The maximum absolute atomic E-state index is 3.56. The van der Waals surface area contributed by atoms with Crippen LogP contribution in [0.1, 0.15) is 22.6 Å². The van der Waals surface area contributed by atoms with Crippen LogP contribution in [-0.2, 0) is 12.8 Å². The lowest BCUT2D eigenvalue weighted by atomic mass is 9.89. The van der Waals surface area contributed by atoms with Crippen molar-refractivity contribution < 1.29 is 0 Å². The zero-order chi connectivity index (χ0) is 12.2. The molecule has 1 N–H and O–H groups in total. The van der Waals surface area contributed by atoms with Crippen molar-refractivity contribution >= 4 is 0 Å². The predicted molar refractivity (Wildman–Crippen MR) is 75.9 cm³/mol. The van der Waals surface area contributed by atoms with E-state index in [-0.39, 0.29) is 0 Å². The largest absolute Gasteiger partial charge is 0.316 e. The van der Waals surface area contributed by atoms with E-state index in [0.29, 0.717) is 5.92 Å². The lowest BCUT2D eigenvalue weighted by molar-refractivity contribution is 0.606. The third-order valence-corrected chi connectivity index (χ3v) is 3.78. The molecule has 1 unspecified atom stereocenters. The molecule has 0 amide bonds. The number of rotatable bonds is 2. The number of benzene rings is 2. The van der Waals surface area contributed by atoms with E-state index in [4.69, 9.17) is 0 Å². The van der Waals surface area contributed by atoms with E-state index in [1.54, 1.807) is 0 Å². The molecule has 3 rings (SSSR count). The van der Waals surface area contributed by atoms with Crippen LogP contribution >= 0.6 is 0 Å². The molecule has 0 fully saturated rings. The Bertz CT molecular complexity index is 504. The van der Waals surface area contributed by atoms with Gasteiger partial charge in [-0.3, -0.25) is 0 Å². The molecule has 0 saturated heterocycles. The second kappa shape index (κ2) is 5.36. The second-order valence-electron chi connectivity index (χ2n) is 5.04. The first-order valence-electron chi connectivity index (χ1n) is 6.76. The van der Waals surface area contributed by atoms with E-state index in [2.05, 4.69) is 59.9 Å². The fourth-order valence-electron chi connectivity index (χ4n) is 2.85. The molecule has 18 heavy (non-hydrogen) atoms. The van der Waals surface area contributed by atoms with E-state index in [9.17, 15) is 0 Å². The molecule has 2 aromatic rings. The molecule has 0 aromatic heterocycles. The lowest BCUT2D eigenvalue weighted by Gasteiger charge is -2.17. The summed E-state index contributed by atoms with van der Waals surface area (Å²) < 4.78 is 0. The van der Waals surface area contributed by atoms with Crippen LogP contribution in [0.3, 0.4) is 0 Å². The van der Waals surface area contributed by atoms with Gasteiger partial charge in [-0.1, -0.05) is 54.6 Å². The fourth-order valence-corrected chi connectivity index (χ4v) is 2.85. The summed E-state index contributed by atoms with van der Waals surface area (Å²) in [5.74, 6) is 0.603. The number of hydrogen-bond acceptors (Lipinski definition) is 1. The second-order valence-corrected chi connectivity index (χ2v) is 5.04. The van der Waals surface area contributed by atoms with E-state index in [0.717, 1.165) is 25.9 Å². The molecule has 1 heterocycles. The summed E-state index contributed by atoms with van der Waals surface area (Å²) in [7, 11) is 0. The standard InChI is InChI=1S/C17H19N/c1-2-6-14(7-3-1)12-16-13-18-11-10-15-8-4-5-9-17(15)16/h1-9,16,18H,10-13H2. The van der Waals surface area contributed by atoms with E-state index >= 15 is 0 Å². The van der Waals surface area contributed by atoms with Crippen LogP contribution in [-0.4, -0.2) is 13.1 Å². The Morgan fingerprint density at radius 1 is 0.944 bits per heavy atom. The van der Waals surface area contributed by atoms with Crippen LogP contribution in [0.2, 0.25) is 0 Å². The SMILES string of the molecule is c1ccc(CC2CNCCc3ccccc32)cc1. The quantitative estimate of drug-likeness (QED) is 0.846. The summed E-state index contributed by atoms with van der Waals surface area (Å²) in [6.07, 6.45) is 2.28. The minimum absolute atomic E-state index is 0.603. The van der Waals surface area contributed by atoms with Gasteiger partial charge < -0.3 is 5.32 Å². The highest BCUT2D eigenvalue weighted by molar-refractivity contribution is 5.33. The van der Waals surface area contributed by atoms with Gasteiger partial charge in [-0.15, -0.1) is 0 Å². The molecule has 0 aliphatic carbocycles. The van der Waals surface area contributed by atoms with Crippen molar-refractivity contribution in [1.82, 2.24) is 5.32 Å². The van der Waals surface area contributed by atoms with Gasteiger partial charge in [-0.25, -0.2) is 0 Å². The Kier molecular flexibility index (Phi) is 3.42. The summed E-state index contributed by atoms with van der Waals surface area (Å²) in [5.41, 5.74) is 4.48. The van der Waals surface area contributed by atoms with Crippen molar-refractivity contribution in [2.45, 2.75) is 18.8 Å². The van der Waals surface area contributed by atoms with Gasteiger partial charge in [0.15, 0.2) is 0 Å². The molecule has 1 atom stereocenters. The van der Waals surface area contributed by atoms with Gasteiger partial charge in [0.2, 0.25) is 0 Å². The monoisotopic (exact) mass is 237 g/mol. The number of fused-ring (bicyclic) bond motifs is 1. The van der Waals surface area contributed by atoms with Crippen LogP contribution in [0.4, 0.5) is 0 Å². The van der Waals surface area contributed by atoms with E-state index in [1.165, 1.54) is 16.7 Å². The molecule has 1 nitrogen and oxygen atoms in total. The van der Waals surface area contributed by atoms with Crippen molar-refractivity contribution in [3.05, 3.63) is 71.3 Å². The van der Waals surface area contributed by atoms with Gasteiger partial charge in [-0.2, -0.15) is 0 Å². The summed E-state index contributed by atoms with van der Waals surface area (Å²) in [5, 5.41) is 3.56. The van der Waals surface area contributed by atoms with Gasteiger partial charge in [-0.05, 0) is 36.1 Å². The van der Waals surface area contributed by atoms with Crippen LogP contribution in [0, 0.1) is 0 Å². The van der Waals surface area contributed by atoms with Gasteiger partial charge in [0, 0.05) is 12.5 Å². The Labute approximate surface area is 109 Å². The van der Waals surface area contributed by atoms with Gasteiger partial charge in [0.05, 0.1) is 0 Å². The van der Waals surface area contributed by atoms with Crippen molar-refractivity contribution in [3.8, 4) is 0 Å². The third kappa shape index (κ3) is 2.46. The molecule has 1 aliphatic rings. The Balaban J connectivity index is 1.88. The minimum Gasteiger partial charge on any atom is -0.316 e. The Hall–Kier alpha value is -1.60. The third-order valence-electron chi connectivity index (χ3n) is 3.78. The summed E-state index contributed by atoms with van der Waals surface area (Å²) in [6.45, 7) is 2.19. The smallest absolute Gasteiger partial charge is 0.00235 e. The molecule has 0 radical (unpaired) electrons. The molecular formula is C17H19N. The van der Waals surface area contributed by atoms with Crippen molar-refractivity contribution in [3.63, 3.8) is 0 Å². The average Bonchev–Trinajstić information content (AvgIpc) is 2.63. The van der Waals surface area contributed by atoms with E-state index in [1.807, 2.05) is 0 Å². The molecule has 2 aromatic carbocycles. The normalized spacial score (nSPS) is 19.0. The maximum atomic E-state index is 3.56. The highest BCUT2D eigenvalue weighted by Gasteiger charge is 2.18.